The predicted octanol–water partition coefficient (Wildman–Crippen LogP) is 5.39. The van der Waals surface area contributed by atoms with E-state index >= 15 is 0 Å². The molecule has 3 nitrogen and oxygen atoms in total. The molecule has 3 rings (SSSR count). The van der Waals surface area contributed by atoms with E-state index in [0.29, 0.717) is 23.7 Å². The fraction of sp³-hybridized carbons (Fsp3) is 0.409. The van der Waals surface area contributed by atoms with Crippen LogP contribution in [0.15, 0.2) is 42.5 Å². The van der Waals surface area contributed by atoms with E-state index in [2.05, 4.69) is 16.3 Å². The number of likely N-dealkylation sites (tertiary alicyclic amines) is 1. The van der Waals surface area contributed by atoms with Crippen molar-refractivity contribution in [2.45, 2.75) is 25.1 Å². The van der Waals surface area contributed by atoms with Crippen molar-refractivity contribution in [3.8, 4) is 0 Å². The van der Waals surface area contributed by atoms with Gasteiger partial charge in [0.1, 0.15) is 5.82 Å². The molecule has 0 saturated carbocycles. The number of hydrogen-bond acceptors (Lipinski definition) is 3. The minimum absolute atomic E-state index is 0.0410. The summed E-state index contributed by atoms with van der Waals surface area (Å²) >= 11 is 13.6. The van der Waals surface area contributed by atoms with Gasteiger partial charge in [-0.3, -0.25) is 9.69 Å². The molecule has 1 heterocycles. The van der Waals surface area contributed by atoms with Crippen molar-refractivity contribution in [3.63, 3.8) is 0 Å². The van der Waals surface area contributed by atoms with Crippen molar-refractivity contribution in [1.29, 1.82) is 0 Å². The summed E-state index contributed by atoms with van der Waals surface area (Å²) < 4.78 is 14.0. The van der Waals surface area contributed by atoms with E-state index in [1.54, 1.807) is 23.9 Å². The molecule has 1 saturated heterocycles. The van der Waals surface area contributed by atoms with E-state index in [1.807, 2.05) is 18.2 Å². The highest BCUT2D eigenvalue weighted by atomic mass is 35.5. The number of benzene rings is 2. The Labute approximate surface area is 185 Å². The molecule has 1 N–H and O–H groups in total. The third kappa shape index (κ3) is 7.18. The quantitative estimate of drug-likeness (QED) is 0.542. The third-order valence-electron chi connectivity index (χ3n) is 5.07. The maximum Gasteiger partial charge on any atom is 0.223 e. The van der Waals surface area contributed by atoms with E-state index in [9.17, 15) is 9.18 Å². The Bertz CT molecular complexity index is 828. The molecule has 1 fully saturated rings. The molecule has 7 heteroatoms. The van der Waals surface area contributed by atoms with E-state index in [0.717, 1.165) is 42.5 Å². The first-order chi connectivity index (χ1) is 14.0. The summed E-state index contributed by atoms with van der Waals surface area (Å²) in [6, 6.07) is 12.6. The first kappa shape index (κ1) is 22.4. The van der Waals surface area contributed by atoms with Gasteiger partial charge in [-0.25, -0.2) is 4.39 Å². The highest BCUT2D eigenvalue weighted by molar-refractivity contribution is 7.98. The Morgan fingerprint density at radius 2 is 1.90 bits per heavy atom. The number of rotatable bonds is 8. The number of thioether (sulfide) groups is 1. The molecule has 0 unspecified atom stereocenters. The fourth-order valence-electron chi connectivity index (χ4n) is 3.45. The average molecular weight is 455 g/mol. The lowest BCUT2D eigenvalue weighted by atomic mass is 9.95. The second-order valence-corrected chi connectivity index (χ2v) is 9.24. The van der Waals surface area contributed by atoms with Crippen LogP contribution in [0.5, 0.6) is 0 Å². The Morgan fingerprint density at radius 3 is 2.62 bits per heavy atom. The van der Waals surface area contributed by atoms with Crippen LogP contribution < -0.4 is 5.32 Å². The van der Waals surface area contributed by atoms with Crippen molar-refractivity contribution < 1.29 is 9.18 Å². The Morgan fingerprint density at radius 1 is 1.14 bits per heavy atom. The minimum atomic E-state index is -0.271. The van der Waals surface area contributed by atoms with Crippen LogP contribution >= 0.6 is 35.0 Å². The number of nitrogens with zero attached hydrogens (tertiary/aromatic N) is 1. The van der Waals surface area contributed by atoms with Crippen molar-refractivity contribution in [2.24, 2.45) is 5.92 Å². The topological polar surface area (TPSA) is 32.3 Å². The van der Waals surface area contributed by atoms with Crippen LogP contribution in [0.25, 0.3) is 0 Å². The van der Waals surface area contributed by atoms with Crippen molar-refractivity contribution in [2.75, 3.05) is 25.4 Å². The van der Waals surface area contributed by atoms with Gasteiger partial charge in [-0.05, 0) is 55.8 Å². The van der Waals surface area contributed by atoms with Crippen LogP contribution in [0, 0.1) is 11.7 Å². The molecule has 0 radical (unpaired) electrons. The number of nitrogens with one attached hydrogen (secondary N) is 1. The van der Waals surface area contributed by atoms with Crippen LogP contribution in [0.1, 0.15) is 24.0 Å². The van der Waals surface area contributed by atoms with Gasteiger partial charge in [-0.2, -0.15) is 11.8 Å². The van der Waals surface area contributed by atoms with E-state index in [4.69, 9.17) is 23.2 Å². The predicted molar refractivity (Wildman–Crippen MR) is 120 cm³/mol. The van der Waals surface area contributed by atoms with Gasteiger partial charge in [0.2, 0.25) is 5.91 Å². The summed E-state index contributed by atoms with van der Waals surface area (Å²) in [5, 5.41) is 4.21. The molecule has 2 aromatic rings. The molecule has 0 atom stereocenters. The molecular weight excluding hydrogens is 430 g/mol. The monoisotopic (exact) mass is 454 g/mol. The fourth-order valence-corrected chi connectivity index (χ4v) is 4.63. The molecule has 0 aromatic heterocycles. The van der Waals surface area contributed by atoms with Gasteiger partial charge in [0.15, 0.2) is 0 Å². The smallest absolute Gasteiger partial charge is 0.223 e. The van der Waals surface area contributed by atoms with Gasteiger partial charge < -0.3 is 5.32 Å². The maximum atomic E-state index is 14.0. The summed E-state index contributed by atoms with van der Waals surface area (Å²) in [5.41, 5.74) is 1.84. The third-order valence-corrected chi connectivity index (χ3v) is 6.57. The Kier molecular flexibility index (Phi) is 8.67. The first-order valence-corrected chi connectivity index (χ1v) is 11.7. The van der Waals surface area contributed by atoms with Crippen LogP contribution in [0.2, 0.25) is 10.0 Å². The molecule has 0 aliphatic carbocycles. The SMILES string of the molecule is O=C(NCCSCc1cccc(Cl)c1)C1CCN(Cc2ccc(Cl)cc2F)CC1. The second-order valence-electron chi connectivity index (χ2n) is 7.26. The van der Waals surface area contributed by atoms with Crippen LogP contribution in [-0.4, -0.2) is 36.2 Å². The molecule has 156 valence electrons. The molecule has 1 aliphatic rings. The lowest BCUT2D eigenvalue weighted by Crippen LogP contribution is -2.40. The zero-order valence-electron chi connectivity index (χ0n) is 16.2. The van der Waals surface area contributed by atoms with Crippen molar-refractivity contribution >= 4 is 40.9 Å². The van der Waals surface area contributed by atoms with Crippen molar-refractivity contribution in [3.05, 3.63) is 69.5 Å². The van der Waals surface area contributed by atoms with E-state index < -0.39 is 0 Å². The van der Waals surface area contributed by atoms with E-state index in [-0.39, 0.29) is 17.6 Å². The van der Waals surface area contributed by atoms with Crippen molar-refractivity contribution in [1.82, 2.24) is 10.2 Å². The Balaban J connectivity index is 1.32. The van der Waals surface area contributed by atoms with Gasteiger partial charge >= 0.3 is 0 Å². The molecule has 1 amide bonds. The lowest BCUT2D eigenvalue weighted by molar-refractivity contribution is -0.126. The average Bonchev–Trinajstić information content (AvgIpc) is 2.70. The molecule has 29 heavy (non-hydrogen) atoms. The standard InChI is InChI=1S/C22H25Cl2FN2OS/c23-19-3-1-2-16(12-19)15-29-11-8-26-22(28)17-6-9-27(10-7-17)14-18-4-5-20(24)13-21(18)25/h1-5,12-13,17H,6-11,14-15H2,(H,26,28). The Hall–Kier alpha value is -1.27. The number of halogens is 3. The second kappa shape index (κ2) is 11.2. The van der Waals surface area contributed by atoms with Crippen LogP contribution in [0.3, 0.4) is 0 Å². The normalized spacial score (nSPS) is 15.4. The zero-order chi connectivity index (χ0) is 20.6. The molecular formula is C22H25Cl2FN2OS. The number of piperidine rings is 1. The first-order valence-electron chi connectivity index (χ1n) is 9.77. The molecule has 0 spiro atoms. The van der Waals surface area contributed by atoms with Gasteiger partial charge in [0.25, 0.3) is 0 Å². The summed E-state index contributed by atoms with van der Waals surface area (Å²) in [6.07, 6.45) is 1.60. The molecule has 2 aromatic carbocycles. The summed E-state index contributed by atoms with van der Waals surface area (Å²) in [4.78, 5) is 14.6. The van der Waals surface area contributed by atoms with Gasteiger partial charge in [-0.1, -0.05) is 41.4 Å². The van der Waals surface area contributed by atoms with Crippen LogP contribution in [-0.2, 0) is 17.1 Å². The highest BCUT2D eigenvalue weighted by Gasteiger charge is 2.25. The summed E-state index contributed by atoms with van der Waals surface area (Å²) in [6.45, 7) is 2.81. The van der Waals surface area contributed by atoms with Crippen LogP contribution in [0.4, 0.5) is 4.39 Å². The van der Waals surface area contributed by atoms with E-state index in [1.165, 1.54) is 11.6 Å². The lowest BCUT2D eigenvalue weighted by Gasteiger charge is -2.31. The number of amides is 1. The van der Waals surface area contributed by atoms with Gasteiger partial charge in [-0.15, -0.1) is 0 Å². The van der Waals surface area contributed by atoms with Gasteiger partial charge in [0, 0.05) is 46.1 Å². The zero-order valence-corrected chi connectivity index (χ0v) is 18.5. The summed E-state index contributed by atoms with van der Waals surface area (Å²) in [7, 11) is 0. The summed E-state index contributed by atoms with van der Waals surface area (Å²) in [5.74, 6) is 1.65. The number of carbonyl (C=O) groups excluding carboxylic acids is 1. The minimum Gasteiger partial charge on any atom is -0.355 e. The number of carbonyl (C=O) groups is 1. The van der Waals surface area contributed by atoms with Gasteiger partial charge in [0.05, 0.1) is 0 Å². The highest BCUT2D eigenvalue weighted by Crippen LogP contribution is 2.22. The maximum absolute atomic E-state index is 14.0. The molecule has 1 aliphatic heterocycles. The largest absolute Gasteiger partial charge is 0.355 e. The molecule has 0 bridgehead atoms. The number of hydrogen-bond donors (Lipinski definition) is 1.